The van der Waals surface area contributed by atoms with Crippen LogP contribution in [-0.2, 0) is 23.2 Å². The van der Waals surface area contributed by atoms with E-state index in [2.05, 4.69) is 21.8 Å². The monoisotopic (exact) mass is 632 g/mol. The smallest absolute Gasteiger partial charge is 0.286 e. The molecule has 232 valence electrons. The summed E-state index contributed by atoms with van der Waals surface area (Å²) in [7, 11) is -1.64. The second kappa shape index (κ2) is 10.4. The summed E-state index contributed by atoms with van der Waals surface area (Å²) in [5.41, 5.74) is 2.62. The Morgan fingerprint density at radius 3 is 2.62 bits per heavy atom. The minimum Gasteiger partial charge on any atom is -0.291 e. The molecule has 0 saturated heterocycles. The van der Waals surface area contributed by atoms with Crippen LogP contribution in [0.3, 0.4) is 0 Å². The number of alkyl halides is 2. The van der Waals surface area contributed by atoms with Gasteiger partial charge in [0.2, 0.25) is 0 Å². The first-order valence-corrected chi connectivity index (χ1v) is 16.2. The summed E-state index contributed by atoms with van der Waals surface area (Å²) in [5.74, 6) is -3.88. The SMILES string of the molecule is C=C1C=S(=O)(c2cnn(C)c2)N([C@H]2CCC3=Cc4c(cnn4-c4ccc(F)cc4)C[C@]3(C(=O)c3cc(C)ccn3)C2)CC1(F)F. The van der Waals surface area contributed by atoms with E-state index in [0.717, 1.165) is 27.8 Å². The molecule has 2 aliphatic carbocycles. The number of hydrogen-bond acceptors (Lipinski definition) is 5. The fraction of sp³-hybridized carbons (Fsp3) is 0.303. The Kier molecular flexibility index (Phi) is 6.79. The number of pyridine rings is 1. The van der Waals surface area contributed by atoms with Crippen molar-refractivity contribution in [1.82, 2.24) is 28.9 Å². The number of nitrogens with zero attached hydrogens (tertiary/aromatic N) is 6. The summed E-state index contributed by atoms with van der Waals surface area (Å²) in [6.07, 6.45) is 9.46. The van der Waals surface area contributed by atoms with Gasteiger partial charge in [0.1, 0.15) is 11.5 Å². The zero-order valence-electron chi connectivity index (χ0n) is 24.8. The van der Waals surface area contributed by atoms with E-state index in [1.807, 2.05) is 19.1 Å². The molecule has 0 amide bonds. The third-order valence-corrected chi connectivity index (χ3v) is 11.8. The van der Waals surface area contributed by atoms with Gasteiger partial charge in [0.25, 0.3) is 5.92 Å². The predicted molar refractivity (Wildman–Crippen MR) is 165 cm³/mol. The van der Waals surface area contributed by atoms with Crippen molar-refractivity contribution in [1.29, 1.82) is 0 Å². The Hall–Kier alpha value is -4.29. The number of fused-ring (bicyclic) bond motifs is 2. The van der Waals surface area contributed by atoms with Gasteiger partial charge in [-0.2, -0.15) is 19.0 Å². The van der Waals surface area contributed by atoms with Gasteiger partial charge in [0.05, 0.1) is 50.3 Å². The third kappa shape index (κ3) is 4.78. The molecule has 3 atom stereocenters. The van der Waals surface area contributed by atoms with Crippen LogP contribution in [0.5, 0.6) is 0 Å². The third-order valence-electron chi connectivity index (χ3n) is 9.19. The first kappa shape index (κ1) is 29.4. The molecule has 8 nitrogen and oxygen atoms in total. The van der Waals surface area contributed by atoms with Crippen LogP contribution < -0.4 is 0 Å². The molecule has 3 aromatic heterocycles. The van der Waals surface area contributed by atoms with E-state index in [0.29, 0.717) is 23.4 Å². The summed E-state index contributed by atoms with van der Waals surface area (Å²) < 4.78 is 63.6. The van der Waals surface area contributed by atoms with Crippen molar-refractivity contribution < 1.29 is 22.2 Å². The molecule has 1 unspecified atom stereocenters. The number of carbonyl (C=O) groups excluding carboxylic acids is 1. The topological polar surface area (TPSA) is 85.9 Å². The van der Waals surface area contributed by atoms with Crippen molar-refractivity contribution in [3.63, 3.8) is 0 Å². The fourth-order valence-corrected chi connectivity index (χ4v) is 9.45. The number of aromatic nitrogens is 5. The van der Waals surface area contributed by atoms with Crippen molar-refractivity contribution in [2.75, 3.05) is 6.54 Å². The Bertz CT molecular complexity index is 2020. The van der Waals surface area contributed by atoms with Crippen molar-refractivity contribution in [3.05, 3.63) is 107 Å². The molecule has 1 fully saturated rings. The minimum atomic E-state index is -3.31. The molecule has 0 radical (unpaired) electrons. The highest BCUT2D eigenvalue weighted by atomic mass is 32.2. The maximum absolute atomic E-state index is 15.3. The Balaban J connectivity index is 1.35. The van der Waals surface area contributed by atoms with Gasteiger partial charge in [-0.3, -0.25) is 14.5 Å². The number of benzene rings is 1. The van der Waals surface area contributed by atoms with E-state index in [9.17, 15) is 13.4 Å². The molecule has 1 aromatic carbocycles. The second-order valence-corrected chi connectivity index (χ2v) is 14.5. The largest absolute Gasteiger partial charge is 0.291 e. The van der Waals surface area contributed by atoms with Crippen LogP contribution >= 0.6 is 0 Å². The lowest BCUT2D eigenvalue weighted by Crippen LogP contribution is -2.56. The standard InChI is InChI=1S/C33H31F3N6O2S/c1-21-10-11-37-29(12-21)31(43)32-14-23-16-39-42(26-8-5-25(34)6-9-26)30(23)13-24(32)4-7-27(15-32)41-20-33(35,36)22(2)19-45(41,44)28-17-38-40(3)18-28/h5-6,8-13,16-19,27H,2,4,7,14-15,20H2,1,3H3/t27-,32-,45?/m0/s1. The van der Waals surface area contributed by atoms with Gasteiger partial charge in [-0.15, -0.1) is 0 Å². The number of Topliss-reactive ketones (excluding diaryl/α,β-unsaturated/α-hetero) is 1. The number of ketones is 1. The van der Waals surface area contributed by atoms with Gasteiger partial charge >= 0.3 is 0 Å². The zero-order chi connectivity index (χ0) is 31.7. The second-order valence-electron chi connectivity index (χ2n) is 12.2. The Morgan fingerprint density at radius 2 is 1.91 bits per heavy atom. The summed E-state index contributed by atoms with van der Waals surface area (Å²) in [6, 6.07) is 8.91. The van der Waals surface area contributed by atoms with Crippen molar-refractivity contribution >= 4 is 26.9 Å². The van der Waals surface area contributed by atoms with E-state index >= 15 is 8.78 Å². The number of rotatable bonds is 5. The van der Waals surface area contributed by atoms with E-state index < -0.39 is 39.2 Å². The van der Waals surface area contributed by atoms with Gasteiger partial charge in [-0.1, -0.05) is 12.2 Å². The van der Waals surface area contributed by atoms with E-state index in [-0.39, 0.29) is 30.1 Å². The highest BCUT2D eigenvalue weighted by Gasteiger charge is 2.53. The lowest BCUT2D eigenvalue weighted by atomic mass is 9.60. The predicted octanol–water partition coefficient (Wildman–Crippen LogP) is 5.38. The fourth-order valence-electron chi connectivity index (χ4n) is 6.87. The quantitative estimate of drug-likeness (QED) is 0.168. The number of allylic oxidation sites excluding steroid dienone is 1. The first-order valence-electron chi connectivity index (χ1n) is 14.6. The molecule has 3 aliphatic rings. The molecule has 12 heteroatoms. The van der Waals surface area contributed by atoms with Crippen LogP contribution in [0.2, 0.25) is 0 Å². The van der Waals surface area contributed by atoms with E-state index in [4.69, 9.17) is 0 Å². The molecule has 0 bridgehead atoms. The Morgan fingerprint density at radius 1 is 1.13 bits per heavy atom. The van der Waals surface area contributed by atoms with Gasteiger partial charge in [0.15, 0.2) is 5.78 Å². The number of aryl methyl sites for hydroxylation is 2. The maximum Gasteiger partial charge on any atom is 0.286 e. The van der Waals surface area contributed by atoms with Gasteiger partial charge in [-0.25, -0.2) is 17.6 Å². The lowest BCUT2D eigenvalue weighted by Gasteiger charge is -2.48. The number of carbonyl (C=O) groups is 1. The molecule has 4 aromatic rings. The highest BCUT2D eigenvalue weighted by molar-refractivity contribution is 7.99. The zero-order valence-corrected chi connectivity index (χ0v) is 25.6. The number of hydrogen-bond donors (Lipinski definition) is 0. The molecule has 1 saturated carbocycles. The molecule has 45 heavy (non-hydrogen) atoms. The first-order chi connectivity index (χ1) is 21.4. The van der Waals surface area contributed by atoms with Gasteiger partial charge in [0, 0.05) is 36.4 Å². The van der Waals surface area contributed by atoms with Crippen molar-refractivity contribution in [3.8, 4) is 5.69 Å². The van der Waals surface area contributed by atoms with Crippen LogP contribution in [-0.4, -0.2) is 62.7 Å². The normalized spacial score (nSPS) is 26.0. The molecule has 7 rings (SSSR count). The van der Waals surface area contributed by atoms with Crippen molar-refractivity contribution in [2.24, 2.45) is 12.5 Å². The molecule has 4 heterocycles. The molecular weight excluding hydrogens is 601 g/mol. The van der Waals surface area contributed by atoms with E-state index in [1.54, 1.807) is 48.5 Å². The molecule has 1 aliphatic heterocycles. The average molecular weight is 633 g/mol. The van der Waals surface area contributed by atoms with E-state index in [1.165, 1.54) is 27.3 Å². The van der Waals surface area contributed by atoms with Crippen molar-refractivity contribution in [2.45, 2.75) is 49.5 Å². The highest BCUT2D eigenvalue weighted by Crippen LogP contribution is 2.52. The van der Waals surface area contributed by atoms with Crippen LogP contribution in [0, 0.1) is 18.2 Å². The minimum absolute atomic E-state index is 0.155. The summed E-state index contributed by atoms with van der Waals surface area (Å²) in [6.45, 7) is 4.63. The molecular formula is C33H31F3N6O2S. The average Bonchev–Trinajstić information content (AvgIpc) is 3.64. The Labute approximate surface area is 259 Å². The maximum atomic E-state index is 15.3. The summed E-state index contributed by atoms with van der Waals surface area (Å²) in [5, 5.41) is 9.82. The number of halogens is 3. The lowest BCUT2D eigenvalue weighted by molar-refractivity contribution is 0.0132. The van der Waals surface area contributed by atoms with Crippen LogP contribution in [0.25, 0.3) is 11.8 Å². The van der Waals surface area contributed by atoms with Crippen LogP contribution in [0.15, 0.2) is 83.8 Å². The van der Waals surface area contributed by atoms with Crippen LogP contribution in [0.1, 0.15) is 46.6 Å². The summed E-state index contributed by atoms with van der Waals surface area (Å²) >= 11 is 0. The molecule has 0 N–H and O–H groups in total. The van der Waals surface area contributed by atoms with Crippen LogP contribution in [0.4, 0.5) is 13.2 Å². The summed E-state index contributed by atoms with van der Waals surface area (Å²) in [4.78, 5) is 19.4. The van der Waals surface area contributed by atoms with Gasteiger partial charge in [-0.05, 0) is 86.2 Å². The molecule has 0 spiro atoms. The van der Waals surface area contributed by atoms with Gasteiger partial charge < -0.3 is 0 Å².